The second-order valence-corrected chi connectivity index (χ2v) is 10.9. The Labute approximate surface area is 237 Å². The number of nitrogens with zero attached hydrogens (tertiary/aromatic N) is 1. The molecule has 1 fully saturated rings. The van der Waals surface area contributed by atoms with Crippen molar-refractivity contribution in [2.75, 3.05) is 20.3 Å². The first-order chi connectivity index (χ1) is 19.9. The van der Waals surface area contributed by atoms with Gasteiger partial charge in [0.05, 0.1) is 25.7 Å². The van der Waals surface area contributed by atoms with Gasteiger partial charge in [-0.3, -0.25) is 14.4 Å². The summed E-state index contributed by atoms with van der Waals surface area (Å²) >= 11 is 0. The van der Waals surface area contributed by atoms with Gasteiger partial charge in [-0.15, -0.1) is 0 Å². The van der Waals surface area contributed by atoms with Gasteiger partial charge >= 0.3 is 0 Å². The third kappa shape index (κ3) is 5.71. The van der Waals surface area contributed by atoms with Gasteiger partial charge in [0.1, 0.15) is 24.3 Å². The molecule has 1 saturated carbocycles. The van der Waals surface area contributed by atoms with Crippen LogP contribution in [0.5, 0.6) is 11.5 Å². The fourth-order valence-electron chi connectivity index (χ4n) is 6.31. The van der Waals surface area contributed by atoms with E-state index in [2.05, 4.69) is 5.32 Å². The molecule has 5 rings (SSSR count). The van der Waals surface area contributed by atoms with Crippen LogP contribution in [0.25, 0.3) is 0 Å². The standard InChI is InChI=1S/C31H35FN2O7/c1-40-25-13-19(17-36)12-21-27-22(31(39)33-10-11-35)15-24(28(38)30(27)41-29(21)25)34(16-20-8-4-5-9-23(20)32)26(37)14-18-6-2-3-7-18/h4-5,8-9,12-13,15,17-18,24,27-28,30,35,38H,2-3,6-7,10-11,14,16H2,1H3,(H,33,39). The molecule has 0 saturated heterocycles. The summed E-state index contributed by atoms with van der Waals surface area (Å²) in [5, 5.41) is 23.8. The number of ether oxygens (including phenoxy) is 2. The lowest BCUT2D eigenvalue weighted by Gasteiger charge is -2.41. The van der Waals surface area contributed by atoms with Crippen LogP contribution in [-0.4, -0.2) is 71.7 Å². The van der Waals surface area contributed by atoms with Crippen molar-refractivity contribution in [3.63, 3.8) is 0 Å². The van der Waals surface area contributed by atoms with Crippen LogP contribution in [0.1, 0.15) is 59.5 Å². The van der Waals surface area contributed by atoms with Crippen molar-refractivity contribution in [3.05, 3.63) is 70.6 Å². The quantitative estimate of drug-likeness (QED) is 0.378. The fourth-order valence-corrected chi connectivity index (χ4v) is 6.31. The molecule has 1 heterocycles. The number of aliphatic hydroxyl groups is 2. The van der Waals surface area contributed by atoms with Gasteiger partial charge in [0.2, 0.25) is 11.8 Å². The monoisotopic (exact) mass is 566 g/mol. The van der Waals surface area contributed by atoms with Crippen LogP contribution in [0.15, 0.2) is 48.0 Å². The summed E-state index contributed by atoms with van der Waals surface area (Å²) < 4.78 is 26.5. The molecule has 1 aliphatic heterocycles. The van der Waals surface area contributed by atoms with Crippen molar-refractivity contribution in [2.24, 2.45) is 5.92 Å². The minimum Gasteiger partial charge on any atom is -0.493 e. The number of aldehydes is 1. The van der Waals surface area contributed by atoms with Crippen LogP contribution in [0.3, 0.4) is 0 Å². The molecular formula is C31H35FN2O7. The van der Waals surface area contributed by atoms with E-state index in [4.69, 9.17) is 9.47 Å². The Morgan fingerprint density at radius 2 is 1.98 bits per heavy atom. The predicted octanol–water partition coefficient (Wildman–Crippen LogP) is 2.88. The zero-order valence-electron chi connectivity index (χ0n) is 22.9. The van der Waals surface area contributed by atoms with Crippen molar-refractivity contribution in [3.8, 4) is 11.5 Å². The number of halogens is 1. The number of carbonyl (C=O) groups is 3. The van der Waals surface area contributed by atoms with E-state index in [0.717, 1.165) is 25.7 Å². The summed E-state index contributed by atoms with van der Waals surface area (Å²) in [7, 11) is 1.43. The number of methoxy groups -OCH3 is 1. The normalized spacial score (nSPS) is 23.2. The lowest BCUT2D eigenvalue weighted by atomic mass is 9.77. The van der Waals surface area contributed by atoms with Gasteiger partial charge in [0, 0.05) is 41.8 Å². The zero-order chi connectivity index (χ0) is 29.1. The molecule has 3 N–H and O–H groups in total. The van der Waals surface area contributed by atoms with Gasteiger partial charge < -0.3 is 29.9 Å². The first-order valence-corrected chi connectivity index (χ1v) is 14.0. The Morgan fingerprint density at radius 3 is 2.66 bits per heavy atom. The van der Waals surface area contributed by atoms with Crippen molar-refractivity contribution < 1.29 is 38.5 Å². The fraction of sp³-hybridized carbons (Fsp3) is 0.452. The SMILES string of the molecule is COc1cc(C=O)cc2c1OC1C2C(C(=O)NCCO)=CC(N(Cc2ccccc2F)C(=O)CC2CCCC2)C1O. The summed E-state index contributed by atoms with van der Waals surface area (Å²) in [6.07, 6.45) is 4.13. The third-order valence-corrected chi connectivity index (χ3v) is 8.33. The van der Waals surface area contributed by atoms with Gasteiger partial charge in [0.25, 0.3) is 0 Å². The van der Waals surface area contributed by atoms with E-state index in [9.17, 15) is 29.0 Å². The number of nitrogens with one attached hydrogen (secondary N) is 1. The Hall–Kier alpha value is -3.76. The number of carbonyl (C=O) groups excluding carboxylic acids is 3. The molecule has 3 aliphatic rings. The average molecular weight is 567 g/mol. The van der Waals surface area contributed by atoms with Gasteiger partial charge in [-0.05, 0) is 43.0 Å². The minimum absolute atomic E-state index is 0.00819. The Bertz CT molecular complexity index is 1340. The maximum absolute atomic E-state index is 14.8. The lowest BCUT2D eigenvalue weighted by molar-refractivity contribution is -0.139. The van der Waals surface area contributed by atoms with E-state index in [1.807, 2.05) is 0 Å². The maximum Gasteiger partial charge on any atom is 0.247 e. The lowest BCUT2D eigenvalue weighted by Crippen LogP contribution is -2.55. The molecule has 4 atom stereocenters. The van der Waals surface area contributed by atoms with Gasteiger partial charge in [-0.25, -0.2) is 4.39 Å². The van der Waals surface area contributed by atoms with E-state index >= 15 is 0 Å². The number of benzene rings is 2. The largest absolute Gasteiger partial charge is 0.493 e. The van der Waals surface area contributed by atoms with Crippen molar-refractivity contribution in [2.45, 2.75) is 62.8 Å². The molecule has 2 aromatic carbocycles. The molecule has 218 valence electrons. The number of hydrogen-bond donors (Lipinski definition) is 3. The Balaban J connectivity index is 1.59. The highest BCUT2D eigenvalue weighted by Crippen LogP contribution is 2.51. The highest BCUT2D eigenvalue weighted by molar-refractivity contribution is 5.96. The van der Waals surface area contributed by atoms with Crippen LogP contribution < -0.4 is 14.8 Å². The van der Waals surface area contributed by atoms with E-state index in [0.29, 0.717) is 23.2 Å². The molecular weight excluding hydrogens is 531 g/mol. The molecule has 0 spiro atoms. The number of hydrogen-bond acceptors (Lipinski definition) is 7. The van der Waals surface area contributed by atoms with Crippen LogP contribution in [0.4, 0.5) is 4.39 Å². The Morgan fingerprint density at radius 1 is 1.22 bits per heavy atom. The second kappa shape index (κ2) is 12.4. The number of amides is 2. The highest BCUT2D eigenvalue weighted by Gasteiger charge is 2.51. The maximum atomic E-state index is 14.8. The third-order valence-electron chi connectivity index (χ3n) is 8.33. The highest BCUT2D eigenvalue weighted by atomic mass is 19.1. The summed E-state index contributed by atoms with van der Waals surface area (Å²) in [5.74, 6) is -1.23. The van der Waals surface area contributed by atoms with Crippen LogP contribution in [0.2, 0.25) is 0 Å². The molecule has 0 bridgehead atoms. The molecule has 2 amide bonds. The van der Waals surface area contributed by atoms with E-state index in [1.54, 1.807) is 30.3 Å². The predicted molar refractivity (Wildman–Crippen MR) is 147 cm³/mol. The number of aliphatic hydroxyl groups excluding tert-OH is 2. The topological polar surface area (TPSA) is 125 Å². The zero-order valence-corrected chi connectivity index (χ0v) is 22.9. The summed E-state index contributed by atoms with van der Waals surface area (Å²) in [4.78, 5) is 40.4. The summed E-state index contributed by atoms with van der Waals surface area (Å²) in [5.41, 5.74) is 1.31. The molecule has 0 radical (unpaired) electrons. The summed E-state index contributed by atoms with van der Waals surface area (Å²) in [6.45, 7) is -0.397. The molecule has 10 heteroatoms. The minimum atomic E-state index is -1.29. The molecule has 0 aromatic heterocycles. The molecule has 2 aromatic rings. The molecule has 2 aliphatic carbocycles. The van der Waals surface area contributed by atoms with Crippen molar-refractivity contribution in [1.82, 2.24) is 10.2 Å². The molecule has 9 nitrogen and oxygen atoms in total. The van der Waals surface area contributed by atoms with Crippen LogP contribution >= 0.6 is 0 Å². The first-order valence-electron chi connectivity index (χ1n) is 14.0. The smallest absolute Gasteiger partial charge is 0.247 e. The summed E-state index contributed by atoms with van der Waals surface area (Å²) in [6, 6.07) is 8.26. The molecule has 4 unspecified atom stereocenters. The second-order valence-electron chi connectivity index (χ2n) is 10.9. The first kappa shape index (κ1) is 28.8. The average Bonchev–Trinajstić information content (AvgIpc) is 3.63. The van der Waals surface area contributed by atoms with Gasteiger partial charge in [0.15, 0.2) is 11.5 Å². The van der Waals surface area contributed by atoms with Gasteiger partial charge in [-0.1, -0.05) is 31.0 Å². The van der Waals surface area contributed by atoms with Crippen LogP contribution in [0, 0.1) is 11.7 Å². The molecule has 41 heavy (non-hydrogen) atoms. The van der Waals surface area contributed by atoms with Crippen molar-refractivity contribution in [1.29, 1.82) is 0 Å². The number of rotatable bonds is 10. The van der Waals surface area contributed by atoms with Gasteiger partial charge in [-0.2, -0.15) is 0 Å². The van der Waals surface area contributed by atoms with Crippen LogP contribution in [-0.2, 0) is 16.1 Å². The van der Waals surface area contributed by atoms with E-state index in [1.165, 1.54) is 24.1 Å². The van der Waals surface area contributed by atoms with Crippen molar-refractivity contribution >= 4 is 18.1 Å². The Kier molecular flexibility index (Phi) is 8.70. The number of fused-ring (bicyclic) bond motifs is 3. The van der Waals surface area contributed by atoms with E-state index < -0.39 is 35.9 Å². The van der Waals surface area contributed by atoms with E-state index in [-0.39, 0.29) is 54.8 Å².